The van der Waals surface area contributed by atoms with Crippen molar-refractivity contribution in [3.05, 3.63) is 42.1 Å². The zero-order valence-corrected chi connectivity index (χ0v) is 15.3. The van der Waals surface area contributed by atoms with Gasteiger partial charge in [-0.05, 0) is 12.1 Å². The van der Waals surface area contributed by atoms with Gasteiger partial charge in [-0.25, -0.2) is 9.78 Å². The number of carbonyl (C=O) groups excluding carboxylic acids is 3. The number of esters is 1. The van der Waals surface area contributed by atoms with Crippen LogP contribution in [-0.4, -0.2) is 57.4 Å². The first kappa shape index (κ1) is 18.3. The molecular formula is C17H15N3O4S2. The smallest absolute Gasteiger partial charge is 0.357 e. The first-order valence-corrected chi connectivity index (χ1v) is 9.21. The summed E-state index contributed by atoms with van der Waals surface area (Å²) in [6.45, 7) is 0.119. The molecule has 1 saturated heterocycles. The molecule has 26 heavy (non-hydrogen) atoms. The summed E-state index contributed by atoms with van der Waals surface area (Å²) in [5.41, 5.74) is 0.817. The number of fused-ring (bicyclic) bond motifs is 1. The number of amides is 2. The number of carbonyl (C=O) groups is 3. The number of para-hydroxylation sites is 1. The van der Waals surface area contributed by atoms with Gasteiger partial charge in [-0.1, -0.05) is 48.2 Å². The SMILES string of the molecule is O=C(COC(=O)c1ccc2ccccc2n1)NCCN1C(=O)CSC1=S. The number of hydrogen-bond acceptors (Lipinski definition) is 7. The molecule has 1 fully saturated rings. The molecule has 1 aromatic heterocycles. The molecule has 7 nitrogen and oxygen atoms in total. The van der Waals surface area contributed by atoms with Crippen molar-refractivity contribution in [1.82, 2.24) is 15.2 Å². The fourth-order valence-corrected chi connectivity index (χ4v) is 3.46. The van der Waals surface area contributed by atoms with Crippen molar-refractivity contribution >= 4 is 57.0 Å². The zero-order valence-electron chi connectivity index (χ0n) is 13.6. The Morgan fingerprint density at radius 2 is 2.08 bits per heavy atom. The van der Waals surface area contributed by atoms with Gasteiger partial charge in [-0.3, -0.25) is 14.5 Å². The minimum Gasteiger partial charge on any atom is -0.451 e. The van der Waals surface area contributed by atoms with Gasteiger partial charge in [0.15, 0.2) is 6.61 Å². The van der Waals surface area contributed by atoms with E-state index in [1.165, 1.54) is 16.7 Å². The highest BCUT2D eigenvalue weighted by Gasteiger charge is 2.26. The average Bonchev–Trinajstić information content (AvgIpc) is 2.97. The molecule has 1 aromatic carbocycles. The Morgan fingerprint density at radius 3 is 2.85 bits per heavy atom. The van der Waals surface area contributed by atoms with Crippen molar-refractivity contribution in [3.8, 4) is 0 Å². The number of nitrogens with zero attached hydrogens (tertiary/aromatic N) is 2. The molecule has 0 aliphatic carbocycles. The van der Waals surface area contributed by atoms with E-state index < -0.39 is 18.5 Å². The van der Waals surface area contributed by atoms with Gasteiger partial charge >= 0.3 is 5.97 Å². The van der Waals surface area contributed by atoms with Crippen LogP contribution >= 0.6 is 24.0 Å². The number of ether oxygens (including phenoxy) is 1. The molecule has 1 aliphatic rings. The predicted molar refractivity (Wildman–Crippen MR) is 102 cm³/mol. The Bertz CT molecular complexity index is 871. The van der Waals surface area contributed by atoms with Crippen LogP contribution in [0.4, 0.5) is 0 Å². The molecular weight excluding hydrogens is 374 g/mol. The van der Waals surface area contributed by atoms with Crippen LogP contribution in [0, 0.1) is 0 Å². The summed E-state index contributed by atoms with van der Waals surface area (Å²) < 4.78 is 5.49. The Kier molecular flexibility index (Phi) is 5.79. The molecule has 3 rings (SSSR count). The van der Waals surface area contributed by atoms with Gasteiger partial charge in [-0.15, -0.1) is 0 Å². The average molecular weight is 389 g/mol. The summed E-state index contributed by atoms with van der Waals surface area (Å²) in [7, 11) is 0. The fraction of sp³-hybridized carbons (Fsp3) is 0.235. The molecule has 0 spiro atoms. The molecule has 2 aromatic rings. The summed E-state index contributed by atoms with van der Waals surface area (Å²) in [5, 5.41) is 3.50. The summed E-state index contributed by atoms with van der Waals surface area (Å²) in [6.07, 6.45) is 0. The van der Waals surface area contributed by atoms with E-state index in [0.29, 0.717) is 22.1 Å². The van der Waals surface area contributed by atoms with Crippen LogP contribution in [0.5, 0.6) is 0 Å². The lowest BCUT2D eigenvalue weighted by atomic mass is 10.2. The highest BCUT2D eigenvalue weighted by Crippen LogP contribution is 2.18. The molecule has 1 N–H and O–H groups in total. The lowest BCUT2D eigenvalue weighted by Crippen LogP contribution is -2.38. The second-order valence-electron chi connectivity index (χ2n) is 5.42. The highest BCUT2D eigenvalue weighted by molar-refractivity contribution is 8.23. The van der Waals surface area contributed by atoms with E-state index in [0.717, 1.165) is 5.39 Å². The summed E-state index contributed by atoms with van der Waals surface area (Å²) >= 11 is 6.35. The minimum absolute atomic E-state index is 0.0666. The van der Waals surface area contributed by atoms with Gasteiger partial charge in [-0.2, -0.15) is 0 Å². The molecule has 2 amide bonds. The van der Waals surface area contributed by atoms with Crippen LogP contribution in [0.3, 0.4) is 0 Å². The third-order valence-corrected chi connectivity index (χ3v) is 5.07. The Morgan fingerprint density at radius 1 is 1.27 bits per heavy atom. The number of benzene rings is 1. The number of thiocarbonyl (C=S) groups is 1. The van der Waals surface area contributed by atoms with E-state index in [1.54, 1.807) is 18.2 Å². The molecule has 0 unspecified atom stereocenters. The Labute approximate surface area is 159 Å². The monoisotopic (exact) mass is 389 g/mol. The van der Waals surface area contributed by atoms with Gasteiger partial charge in [0.2, 0.25) is 5.91 Å². The van der Waals surface area contributed by atoms with Gasteiger partial charge in [0.25, 0.3) is 5.91 Å². The third-order valence-electron chi connectivity index (χ3n) is 3.64. The number of aromatic nitrogens is 1. The van der Waals surface area contributed by atoms with Crippen molar-refractivity contribution in [2.75, 3.05) is 25.4 Å². The second kappa shape index (κ2) is 8.24. The van der Waals surface area contributed by atoms with Gasteiger partial charge in [0.05, 0.1) is 11.3 Å². The summed E-state index contributed by atoms with van der Waals surface area (Å²) in [4.78, 5) is 41.0. The topological polar surface area (TPSA) is 88.6 Å². The molecule has 0 saturated carbocycles. The molecule has 0 radical (unpaired) electrons. The highest BCUT2D eigenvalue weighted by atomic mass is 32.2. The van der Waals surface area contributed by atoms with Crippen molar-refractivity contribution in [2.24, 2.45) is 0 Å². The fourth-order valence-electron chi connectivity index (χ4n) is 2.34. The van der Waals surface area contributed by atoms with Crippen LogP contribution in [0.25, 0.3) is 10.9 Å². The quantitative estimate of drug-likeness (QED) is 0.590. The number of hydrogen-bond donors (Lipinski definition) is 1. The predicted octanol–water partition coefficient (Wildman–Crippen LogP) is 1.37. The van der Waals surface area contributed by atoms with Gasteiger partial charge in [0.1, 0.15) is 10.0 Å². The van der Waals surface area contributed by atoms with E-state index in [1.807, 2.05) is 18.2 Å². The lowest BCUT2D eigenvalue weighted by Gasteiger charge is -2.15. The van der Waals surface area contributed by atoms with E-state index in [-0.39, 0.29) is 18.1 Å². The lowest BCUT2D eigenvalue weighted by molar-refractivity contribution is -0.126. The molecule has 2 heterocycles. The maximum atomic E-state index is 12.0. The van der Waals surface area contributed by atoms with Crippen molar-refractivity contribution < 1.29 is 19.1 Å². The maximum absolute atomic E-state index is 12.0. The van der Waals surface area contributed by atoms with Crippen molar-refractivity contribution in [1.29, 1.82) is 0 Å². The second-order valence-corrected chi connectivity index (χ2v) is 7.02. The number of rotatable bonds is 6. The van der Waals surface area contributed by atoms with Crippen LogP contribution in [-0.2, 0) is 14.3 Å². The normalized spacial score (nSPS) is 13.9. The Hall–Kier alpha value is -2.52. The Balaban J connectivity index is 1.45. The largest absolute Gasteiger partial charge is 0.451 e. The standard InChI is InChI=1S/C17H15N3O4S2/c21-14(18-7-8-20-15(22)10-26-17(20)25)9-24-16(23)13-6-5-11-3-1-2-4-12(11)19-13/h1-6H,7-10H2,(H,18,21). The molecule has 9 heteroatoms. The first-order chi connectivity index (χ1) is 12.5. The molecule has 0 atom stereocenters. The summed E-state index contributed by atoms with van der Waals surface area (Å²) in [5.74, 6) is -0.853. The van der Waals surface area contributed by atoms with E-state index in [4.69, 9.17) is 17.0 Å². The molecule has 0 bridgehead atoms. The van der Waals surface area contributed by atoms with Crippen LogP contribution < -0.4 is 5.32 Å². The molecule has 1 aliphatic heterocycles. The zero-order chi connectivity index (χ0) is 18.5. The van der Waals surface area contributed by atoms with Crippen LogP contribution in [0.2, 0.25) is 0 Å². The van der Waals surface area contributed by atoms with Gasteiger partial charge in [0, 0.05) is 18.5 Å². The van der Waals surface area contributed by atoms with Crippen molar-refractivity contribution in [2.45, 2.75) is 0 Å². The van der Waals surface area contributed by atoms with Crippen LogP contribution in [0.1, 0.15) is 10.5 Å². The first-order valence-electron chi connectivity index (χ1n) is 7.81. The maximum Gasteiger partial charge on any atom is 0.357 e. The third kappa shape index (κ3) is 4.36. The van der Waals surface area contributed by atoms with E-state index in [9.17, 15) is 14.4 Å². The van der Waals surface area contributed by atoms with E-state index in [2.05, 4.69) is 10.3 Å². The number of pyridine rings is 1. The van der Waals surface area contributed by atoms with Gasteiger partial charge < -0.3 is 10.1 Å². The van der Waals surface area contributed by atoms with Crippen LogP contribution in [0.15, 0.2) is 36.4 Å². The van der Waals surface area contributed by atoms with E-state index >= 15 is 0 Å². The summed E-state index contributed by atoms with van der Waals surface area (Å²) in [6, 6.07) is 10.7. The van der Waals surface area contributed by atoms with Crippen molar-refractivity contribution in [3.63, 3.8) is 0 Å². The number of thioether (sulfide) groups is 1. The minimum atomic E-state index is -0.668. The number of nitrogens with one attached hydrogen (secondary N) is 1. The molecule has 134 valence electrons.